The lowest BCUT2D eigenvalue weighted by molar-refractivity contribution is -0.0436. The minimum absolute atomic E-state index is 0.000683. The first-order valence-electron chi connectivity index (χ1n) is 9.01. The van der Waals surface area contributed by atoms with Crippen molar-refractivity contribution in [2.45, 2.75) is 24.9 Å². The van der Waals surface area contributed by atoms with E-state index < -0.39 is 55.2 Å². The Kier molecular flexibility index (Phi) is 9.75. The lowest BCUT2D eigenvalue weighted by Gasteiger charge is -2.27. The molecule has 1 aliphatic rings. The third-order valence-electron chi connectivity index (χ3n) is 4.05. The van der Waals surface area contributed by atoms with Crippen LogP contribution < -0.4 is 16.4 Å². The second kappa shape index (κ2) is 11.7. The van der Waals surface area contributed by atoms with Gasteiger partial charge in [-0.15, -0.1) is 0 Å². The number of nitrogen functional groups attached to an aromatic ring is 2. The number of nitrogens with two attached hydrogens (primary N) is 2. The Morgan fingerprint density at radius 2 is 1.94 bits per heavy atom. The summed E-state index contributed by atoms with van der Waals surface area (Å²) in [7, 11) is -16.7. The van der Waals surface area contributed by atoms with Crippen LogP contribution in [0.3, 0.4) is 0 Å². The second-order valence-electron chi connectivity index (χ2n) is 6.40. The molecule has 2 rings (SSSR count). The Bertz CT molecular complexity index is 1110. The van der Waals surface area contributed by atoms with Crippen LogP contribution in [0, 0.1) is 0 Å². The Labute approximate surface area is 196 Å². The van der Waals surface area contributed by atoms with Crippen molar-refractivity contribution >= 4 is 40.8 Å². The van der Waals surface area contributed by atoms with Gasteiger partial charge < -0.3 is 45.4 Å². The van der Waals surface area contributed by atoms with Gasteiger partial charge in [0.25, 0.3) is 0 Å². The Hall–Kier alpha value is -2.14. The van der Waals surface area contributed by atoms with Crippen molar-refractivity contribution < 1.29 is 55.9 Å². The smallest absolute Gasteiger partial charge is 0.393 e. The molecule has 20 nitrogen and oxygen atoms in total. The highest BCUT2D eigenvalue weighted by Crippen LogP contribution is 2.66. The van der Waals surface area contributed by atoms with Crippen molar-refractivity contribution in [1.82, 2.24) is 9.97 Å². The molecule has 0 radical (unpaired) electrons. The van der Waals surface area contributed by atoms with E-state index in [1.54, 1.807) is 0 Å². The molecule has 0 amide bonds. The molecule has 0 saturated carbocycles. The minimum Gasteiger partial charge on any atom is -0.393 e. The van der Waals surface area contributed by atoms with Crippen molar-refractivity contribution in [3.05, 3.63) is 29.5 Å². The quantitative estimate of drug-likeness (QED) is 0.0833. The molecule has 1 saturated heterocycles. The highest BCUT2D eigenvalue weighted by molar-refractivity contribution is 7.66. The lowest BCUT2D eigenvalue weighted by Crippen LogP contribution is -2.32. The summed E-state index contributed by atoms with van der Waals surface area (Å²) in [6, 6.07) is 0. The third kappa shape index (κ3) is 8.79. The van der Waals surface area contributed by atoms with Crippen LogP contribution in [0.15, 0.2) is 24.2 Å². The number of hydrogen-bond donors (Lipinski definition) is 6. The molecule has 0 bridgehead atoms. The highest BCUT2D eigenvalue weighted by Gasteiger charge is 2.44. The van der Waals surface area contributed by atoms with Crippen LogP contribution in [0.1, 0.15) is 6.42 Å². The first-order chi connectivity index (χ1) is 16.2. The largest absolute Gasteiger partial charge is 0.490 e. The van der Waals surface area contributed by atoms with Gasteiger partial charge in [0.05, 0.1) is 12.7 Å². The molecule has 1 fully saturated rings. The number of hydrogen-bond acceptors (Lipinski definition) is 14. The second-order valence-corrected chi connectivity index (χ2v) is 10.8. The molecule has 196 valence electrons. The van der Waals surface area contributed by atoms with Gasteiger partial charge in [-0.1, -0.05) is 11.7 Å². The molecular formula is C12H21N8O12P3. The van der Waals surface area contributed by atoms with E-state index in [9.17, 15) is 23.5 Å². The molecule has 0 aromatic carbocycles. The number of nitrogens with zero attached hydrogens (tertiary/aromatic N) is 6. The van der Waals surface area contributed by atoms with E-state index in [4.69, 9.17) is 36.3 Å². The van der Waals surface area contributed by atoms with Crippen LogP contribution in [-0.2, 0) is 36.3 Å². The summed E-state index contributed by atoms with van der Waals surface area (Å²) in [6.45, 7) is 2.37. The molecule has 35 heavy (non-hydrogen) atoms. The summed E-state index contributed by atoms with van der Waals surface area (Å²) in [5, 5.41) is 3.22. The van der Waals surface area contributed by atoms with E-state index in [0.717, 1.165) is 6.33 Å². The van der Waals surface area contributed by atoms with Crippen LogP contribution in [0.2, 0.25) is 0 Å². The van der Waals surface area contributed by atoms with Gasteiger partial charge in [0, 0.05) is 17.5 Å². The molecule has 1 aromatic rings. The third-order valence-corrected chi connectivity index (χ3v) is 7.86. The van der Waals surface area contributed by atoms with Gasteiger partial charge in [-0.2, -0.15) is 8.62 Å². The van der Waals surface area contributed by atoms with Gasteiger partial charge in [0.15, 0.2) is 11.6 Å². The summed E-state index contributed by atoms with van der Waals surface area (Å²) in [5.74, 6) is 0.0834. The summed E-state index contributed by atoms with van der Waals surface area (Å²) in [4.78, 5) is 47.7. The van der Waals surface area contributed by atoms with Crippen molar-refractivity contribution in [2.75, 3.05) is 29.7 Å². The van der Waals surface area contributed by atoms with E-state index in [1.165, 1.54) is 11.1 Å². The number of phosphoric ester groups is 1. The molecular weight excluding hydrogens is 541 g/mol. The average molecular weight is 562 g/mol. The normalized spacial score (nSPS) is 23.6. The van der Waals surface area contributed by atoms with E-state index >= 15 is 0 Å². The fourth-order valence-electron chi connectivity index (χ4n) is 2.77. The maximum atomic E-state index is 12.0. The SMILES string of the molecule is C=CN(c1ncnc(N)c1N)C1CC(OCN=[N+]=[N-])C(COP(=O)(O)OP(=O)(O)OP(=O)(O)O)O1. The topological polar surface area (TPSA) is 308 Å². The van der Waals surface area contributed by atoms with Crippen molar-refractivity contribution in [1.29, 1.82) is 0 Å². The van der Waals surface area contributed by atoms with Crippen LogP contribution in [0.4, 0.5) is 17.3 Å². The van der Waals surface area contributed by atoms with Gasteiger partial charge >= 0.3 is 23.5 Å². The Balaban J connectivity index is 2.17. The fourth-order valence-corrected chi connectivity index (χ4v) is 5.80. The molecule has 8 N–H and O–H groups in total. The van der Waals surface area contributed by atoms with Gasteiger partial charge in [-0.3, -0.25) is 4.52 Å². The van der Waals surface area contributed by atoms with Crippen molar-refractivity contribution in [2.24, 2.45) is 5.11 Å². The zero-order valence-electron chi connectivity index (χ0n) is 17.4. The maximum absolute atomic E-state index is 12.0. The Morgan fingerprint density at radius 1 is 1.26 bits per heavy atom. The van der Waals surface area contributed by atoms with E-state index in [2.05, 4.69) is 39.7 Å². The maximum Gasteiger partial charge on any atom is 0.490 e. The first-order valence-corrected chi connectivity index (χ1v) is 13.5. The molecule has 1 aliphatic heterocycles. The number of ether oxygens (including phenoxy) is 2. The van der Waals surface area contributed by atoms with Crippen LogP contribution in [0.5, 0.6) is 0 Å². The zero-order valence-corrected chi connectivity index (χ0v) is 20.1. The van der Waals surface area contributed by atoms with E-state index in [0.29, 0.717) is 0 Å². The van der Waals surface area contributed by atoms with E-state index in [1.807, 2.05) is 0 Å². The number of anilines is 3. The summed E-state index contributed by atoms with van der Waals surface area (Å²) in [5.41, 5.74) is 20.0. The lowest BCUT2D eigenvalue weighted by atomic mass is 10.2. The predicted molar refractivity (Wildman–Crippen MR) is 116 cm³/mol. The number of phosphoric acid groups is 3. The molecule has 2 heterocycles. The van der Waals surface area contributed by atoms with Crippen molar-refractivity contribution in [3.63, 3.8) is 0 Å². The monoisotopic (exact) mass is 562 g/mol. The number of aromatic nitrogens is 2. The molecule has 5 unspecified atom stereocenters. The predicted octanol–water partition coefficient (Wildman–Crippen LogP) is 0.702. The number of rotatable bonds is 13. The molecule has 5 atom stereocenters. The van der Waals surface area contributed by atoms with Gasteiger partial charge in [0.2, 0.25) is 0 Å². The van der Waals surface area contributed by atoms with Gasteiger partial charge in [-0.25, -0.2) is 23.7 Å². The minimum atomic E-state index is -5.71. The van der Waals surface area contributed by atoms with Crippen LogP contribution >= 0.6 is 23.5 Å². The summed E-state index contributed by atoms with van der Waals surface area (Å²) >= 11 is 0. The molecule has 23 heteroatoms. The number of azide groups is 1. The summed E-state index contributed by atoms with van der Waals surface area (Å²) in [6.07, 6.45) is -0.606. The zero-order chi connectivity index (χ0) is 26.4. The Morgan fingerprint density at radius 3 is 2.54 bits per heavy atom. The standard InChI is InChI=1S/C12H21N8O12P3/c1-2-20(12-10(13)11(14)16-5-17-12)9-3-7(28-6-18-19-15)8(30-9)4-29-34(24,25)32-35(26,27)31-33(21,22)23/h2,5,7-9H,1,3-4,6,13H2,(H,24,25)(H,26,27)(H2,14,16,17)(H2,21,22,23). The van der Waals surface area contributed by atoms with Crippen molar-refractivity contribution in [3.8, 4) is 0 Å². The summed E-state index contributed by atoms with van der Waals surface area (Å²) < 4.78 is 57.3. The molecule has 0 aliphatic carbocycles. The average Bonchev–Trinajstić information content (AvgIpc) is 3.10. The van der Waals surface area contributed by atoms with Crippen LogP contribution in [-0.4, -0.2) is 61.3 Å². The highest BCUT2D eigenvalue weighted by atomic mass is 31.3. The van der Waals surface area contributed by atoms with Gasteiger partial charge in [-0.05, 0) is 5.53 Å². The molecule has 1 aromatic heterocycles. The van der Waals surface area contributed by atoms with Gasteiger partial charge in [0.1, 0.15) is 31.1 Å². The van der Waals surface area contributed by atoms with Crippen LogP contribution in [0.25, 0.3) is 10.4 Å². The van der Waals surface area contributed by atoms with E-state index in [-0.39, 0.29) is 23.7 Å². The fraction of sp³-hybridized carbons (Fsp3) is 0.500. The molecule has 0 spiro atoms. The first kappa shape index (κ1) is 29.1.